The standard InChI is InChI=1S/C24H29N3O2/c1-22(2,3)16-14-24(23(4,5)6)18-13-12-17(19(16)24)26-20(28)25(21(29)27(18)26)15-10-8-7-9-11-15/h7-14,17-19H,1-6H3/t17-,18-,19+,24-/m0/s1. The van der Waals surface area contributed by atoms with Gasteiger partial charge in [-0.1, -0.05) is 83.5 Å². The summed E-state index contributed by atoms with van der Waals surface area (Å²) >= 11 is 0. The predicted molar refractivity (Wildman–Crippen MR) is 114 cm³/mol. The zero-order valence-electron chi connectivity index (χ0n) is 18.0. The van der Waals surface area contributed by atoms with Crippen molar-refractivity contribution in [2.45, 2.75) is 53.6 Å². The van der Waals surface area contributed by atoms with Crippen LogP contribution in [0.3, 0.4) is 0 Å². The van der Waals surface area contributed by atoms with Crippen molar-refractivity contribution in [3.05, 3.63) is 75.1 Å². The van der Waals surface area contributed by atoms with E-state index in [4.69, 9.17) is 0 Å². The second-order valence-corrected chi connectivity index (χ2v) is 10.8. The number of hydrogen-bond acceptors (Lipinski definition) is 2. The number of aromatic nitrogens is 3. The van der Waals surface area contributed by atoms with Gasteiger partial charge in [0.2, 0.25) is 0 Å². The average Bonchev–Trinajstić information content (AvgIpc) is 2.86. The van der Waals surface area contributed by atoms with E-state index >= 15 is 0 Å². The summed E-state index contributed by atoms with van der Waals surface area (Å²) in [7, 11) is 0. The third-order valence-electron chi connectivity index (χ3n) is 7.30. The van der Waals surface area contributed by atoms with Gasteiger partial charge in [-0.05, 0) is 23.0 Å². The lowest BCUT2D eigenvalue weighted by Crippen LogP contribution is -2.64. The third-order valence-corrected chi connectivity index (χ3v) is 7.30. The molecule has 152 valence electrons. The van der Waals surface area contributed by atoms with Gasteiger partial charge in [-0.25, -0.2) is 23.5 Å². The molecule has 0 saturated heterocycles. The Labute approximate surface area is 171 Å². The largest absolute Gasteiger partial charge is 0.352 e. The summed E-state index contributed by atoms with van der Waals surface area (Å²) in [6.07, 6.45) is 6.71. The molecule has 0 unspecified atom stereocenters. The van der Waals surface area contributed by atoms with E-state index in [0.717, 1.165) is 0 Å². The summed E-state index contributed by atoms with van der Waals surface area (Å²) in [5.74, 6) is 0.223. The maximum absolute atomic E-state index is 13.5. The lowest BCUT2D eigenvalue weighted by atomic mass is 9.41. The fraction of sp³-hybridized carbons (Fsp3) is 0.500. The van der Waals surface area contributed by atoms with Crippen LogP contribution in [0.4, 0.5) is 0 Å². The quantitative estimate of drug-likeness (QED) is 0.687. The molecule has 2 aliphatic carbocycles. The van der Waals surface area contributed by atoms with Crippen molar-refractivity contribution in [2.24, 2.45) is 22.2 Å². The van der Waals surface area contributed by atoms with Crippen LogP contribution >= 0.6 is 0 Å². The second kappa shape index (κ2) is 5.32. The van der Waals surface area contributed by atoms with Crippen LogP contribution in [0.2, 0.25) is 0 Å². The molecule has 0 spiro atoms. The molecule has 0 saturated carbocycles. The van der Waals surface area contributed by atoms with Gasteiger partial charge in [0.15, 0.2) is 0 Å². The molecular weight excluding hydrogens is 362 g/mol. The van der Waals surface area contributed by atoms with Crippen molar-refractivity contribution < 1.29 is 0 Å². The van der Waals surface area contributed by atoms with Crippen LogP contribution < -0.4 is 11.4 Å². The molecule has 0 radical (unpaired) electrons. The molecule has 29 heavy (non-hydrogen) atoms. The van der Waals surface area contributed by atoms with E-state index in [-0.39, 0.29) is 45.6 Å². The van der Waals surface area contributed by atoms with E-state index in [1.165, 1.54) is 10.1 Å². The number of benzene rings is 1. The van der Waals surface area contributed by atoms with Crippen molar-refractivity contribution in [3.63, 3.8) is 0 Å². The van der Waals surface area contributed by atoms with Gasteiger partial charge in [0.1, 0.15) is 0 Å². The molecule has 1 aromatic heterocycles. The summed E-state index contributed by atoms with van der Waals surface area (Å²) in [4.78, 5) is 27.0. The van der Waals surface area contributed by atoms with E-state index < -0.39 is 0 Å². The normalized spacial score (nSPS) is 29.9. The Bertz CT molecular complexity index is 1180. The summed E-state index contributed by atoms with van der Waals surface area (Å²) in [6, 6.07) is 8.94. The van der Waals surface area contributed by atoms with Gasteiger partial charge >= 0.3 is 11.4 Å². The highest BCUT2D eigenvalue weighted by atomic mass is 16.2. The molecule has 4 aliphatic rings. The predicted octanol–water partition coefficient (Wildman–Crippen LogP) is 4.10. The van der Waals surface area contributed by atoms with Gasteiger partial charge < -0.3 is 0 Å². The van der Waals surface area contributed by atoms with Crippen molar-refractivity contribution in [1.29, 1.82) is 0 Å². The van der Waals surface area contributed by atoms with Gasteiger partial charge in [-0.2, -0.15) is 0 Å². The van der Waals surface area contributed by atoms with Crippen molar-refractivity contribution >= 4 is 0 Å². The summed E-state index contributed by atoms with van der Waals surface area (Å²) in [5, 5.41) is 0. The first-order valence-corrected chi connectivity index (χ1v) is 10.4. The van der Waals surface area contributed by atoms with E-state index in [1.54, 1.807) is 9.36 Å². The molecule has 2 bridgehead atoms. The molecule has 1 aromatic carbocycles. The summed E-state index contributed by atoms with van der Waals surface area (Å²) in [5.41, 5.74) is 1.33. The monoisotopic (exact) mass is 391 g/mol. The van der Waals surface area contributed by atoms with Crippen LogP contribution in [0.25, 0.3) is 5.69 Å². The van der Waals surface area contributed by atoms with E-state index in [0.29, 0.717) is 5.69 Å². The average molecular weight is 392 g/mol. The second-order valence-electron chi connectivity index (χ2n) is 10.8. The maximum Gasteiger partial charge on any atom is 0.352 e. The molecule has 0 N–H and O–H groups in total. The van der Waals surface area contributed by atoms with Gasteiger partial charge in [0.05, 0.1) is 17.8 Å². The Kier molecular flexibility index (Phi) is 3.39. The van der Waals surface area contributed by atoms with Gasteiger partial charge in [-0.15, -0.1) is 0 Å². The molecular formula is C24H29N3O2. The zero-order chi connectivity index (χ0) is 20.9. The lowest BCUT2D eigenvalue weighted by molar-refractivity contribution is -0.0653. The Balaban J connectivity index is 1.81. The molecule has 5 nitrogen and oxygen atoms in total. The number of allylic oxidation sites excluding steroid dienone is 4. The van der Waals surface area contributed by atoms with Crippen molar-refractivity contribution in [2.75, 3.05) is 0 Å². The number of rotatable bonds is 1. The molecule has 5 heteroatoms. The van der Waals surface area contributed by atoms with E-state index in [1.807, 2.05) is 30.3 Å². The smallest absolute Gasteiger partial charge is 0.245 e. The molecule has 6 rings (SSSR count). The first-order chi connectivity index (χ1) is 13.5. The molecule has 2 aliphatic heterocycles. The Morgan fingerprint density at radius 2 is 1.48 bits per heavy atom. The zero-order valence-corrected chi connectivity index (χ0v) is 18.0. The minimum atomic E-state index is -0.250. The molecule has 0 amide bonds. The topological polar surface area (TPSA) is 48.9 Å². The fourth-order valence-corrected chi connectivity index (χ4v) is 5.93. The summed E-state index contributed by atoms with van der Waals surface area (Å²) in [6.45, 7) is 13.5. The number of hydrogen-bond donors (Lipinski definition) is 0. The van der Waals surface area contributed by atoms with Gasteiger partial charge in [-0.3, -0.25) is 0 Å². The van der Waals surface area contributed by atoms with E-state index in [2.05, 4.69) is 59.8 Å². The lowest BCUT2D eigenvalue weighted by Gasteiger charge is -2.66. The Hall–Kier alpha value is -2.56. The number of para-hydroxylation sites is 1. The molecule has 0 fully saturated rings. The Morgan fingerprint density at radius 1 is 0.862 bits per heavy atom. The molecule has 3 heterocycles. The van der Waals surface area contributed by atoms with Crippen LogP contribution in [0.5, 0.6) is 0 Å². The highest BCUT2D eigenvalue weighted by Gasteiger charge is 2.67. The Morgan fingerprint density at radius 3 is 2.07 bits per heavy atom. The fourth-order valence-electron chi connectivity index (χ4n) is 5.93. The van der Waals surface area contributed by atoms with Gasteiger partial charge in [0.25, 0.3) is 0 Å². The summed E-state index contributed by atoms with van der Waals surface area (Å²) < 4.78 is 4.76. The minimum Gasteiger partial charge on any atom is -0.245 e. The van der Waals surface area contributed by atoms with Crippen molar-refractivity contribution in [3.8, 4) is 5.69 Å². The van der Waals surface area contributed by atoms with Crippen LogP contribution in [0.1, 0.15) is 53.6 Å². The first kappa shape index (κ1) is 18.5. The van der Waals surface area contributed by atoms with E-state index in [9.17, 15) is 9.59 Å². The van der Waals surface area contributed by atoms with Crippen LogP contribution in [-0.2, 0) is 0 Å². The van der Waals surface area contributed by atoms with Gasteiger partial charge in [0, 0.05) is 11.3 Å². The van der Waals surface area contributed by atoms with Crippen molar-refractivity contribution in [1.82, 2.24) is 13.9 Å². The highest BCUT2D eigenvalue weighted by molar-refractivity contribution is 5.45. The first-order valence-electron chi connectivity index (χ1n) is 10.4. The van der Waals surface area contributed by atoms with Crippen LogP contribution in [-0.4, -0.2) is 13.9 Å². The molecule has 2 aromatic rings. The minimum absolute atomic E-state index is 0.0292. The third kappa shape index (κ3) is 2.06. The SMILES string of the molecule is CC(C)(C)C1=C[C@@]2(C(C)(C)C)[C@H]1[C@@H]1C=C[C@@H]2n2c(=O)n(-c3ccccc3)c(=O)n21. The van der Waals surface area contributed by atoms with Crippen LogP contribution in [0, 0.1) is 22.2 Å². The number of nitrogens with zero attached hydrogens (tertiary/aromatic N) is 3. The highest BCUT2D eigenvalue weighted by Crippen LogP contribution is 2.71. The van der Waals surface area contributed by atoms with Crippen LogP contribution in [0.15, 0.2) is 63.7 Å². The molecule has 4 atom stereocenters. The maximum atomic E-state index is 13.5.